The molecule has 1 fully saturated rings. The number of nitrogens with one attached hydrogen (secondary N) is 2. The second kappa shape index (κ2) is 8.96. The van der Waals surface area contributed by atoms with Crippen molar-refractivity contribution in [2.75, 3.05) is 26.8 Å². The number of hydrogen-bond acceptors (Lipinski definition) is 3. The summed E-state index contributed by atoms with van der Waals surface area (Å²) in [5, 5.41) is 6.50. The molecule has 8 heteroatoms. The Kier molecular flexibility index (Phi) is 6.96. The third-order valence-corrected chi connectivity index (χ3v) is 4.56. The normalized spacial score (nSPS) is 17.0. The van der Waals surface area contributed by atoms with Crippen molar-refractivity contribution in [1.82, 2.24) is 20.2 Å². The van der Waals surface area contributed by atoms with E-state index in [1.54, 1.807) is 7.11 Å². The van der Waals surface area contributed by atoms with Crippen LogP contribution in [0.4, 0.5) is 8.78 Å². The molecule has 1 aromatic rings. The minimum Gasteiger partial charge on any atom is -0.385 e. The molecule has 0 radical (unpaired) electrons. The van der Waals surface area contributed by atoms with Crippen molar-refractivity contribution in [1.29, 1.82) is 0 Å². The Balaban J connectivity index is 1.94. The molecule has 136 valence electrons. The van der Waals surface area contributed by atoms with Gasteiger partial charge in [-0.1, -0.05) is 6.42 Å². The summed E-state index contributed by atoms with van der Waals surface area (Å²) in [7, 11) is 1.72. The average Bonchev–Trinajstić information content (AvgIpc) is 2.99. The zero-order chi connectivity index (χ0) is 17.4. The minimum absolute atomic E-state index is 0.109. The highest BCUT2D eigenvalue weighted by Gasteiger charge is 2.36. The monoisotopic (exact) mass is 343 g/mol. The predicted molar refractivity (Wildman–Crippen MR) is 89.1 cm³/mol. The van der Waals surface area contributed by atoms with E-state index in [9.17, 15) is 8.78 Å². The van der Waals surface area contributed by atoms with Crippen molar-refractivity contribution in [3.05, 3.63) is 18.2 Å². The lowest BCUT2D eigenvalue weighted by atomic mass is 9.67. The fourth-order valence-corrected chi connectivity index (χ4v) is 2.92. The molecule has 2 rings (SSSR count). The fourth-order valence-electron chi connectivity index (χ4n) is 2.92. The summed E-state index contributed by atoms with van der Waals surface area (Å²) in [5.41, 5.74) is 0.258. The number of guanidine groups is 1. The van der Waals surface area contributed by atoms with Gasteiger partial charge < -0.3 is 15.4 Å². The Labute approximate surface area is 141 Å². The van der Waals surface area contributed by atoms with E-state index in [0.29, 0.717) is 12.5 Å². The number of imidazole rings is 1. The quantitative estimate of drug-likeness (QED) is 0.534. The van der Waals surface area contributed by atoms with E-state index < -0.39 is 6.55 Å². The molecule has 0 atom stereocenters. The number of hydrogen-bond donors (Lipinski definition) is 2. The summed E-state index contributed by atoms with van der Waals surface area (Å²) >= 11 is 0. The van der Waals surface area contributed by atoms with Gasteiger partial charge in [-0.2, -0.15) is 8.78 Å². The van der Waals surface area contributed by atoms with Crippen LogP contribution in [0.15, 0.2) is 17.4 Å². The lowest BCUT2D eigenvalue weighted by molar-refractivity contribution is 0.0671. The van der Waals surface area contributed by atoms with E-state index in [-0.39, 0.29) is 17.8 Å². The van der Waals surface area contributed by atoms with E-state index in [4.69, 9.17) is 4.74 Å². The van der Waals surface area contributed by atoms with Gasteiger partial charge in [-0.15, -0.1) is 0 Å². The molecule has 0 saturated heterocycles. The van der Waals surface area contributed by atoms with Crippen LogP contribution in [-0.2, 0) is 11.3 Å². The SMILES string of the molecule is CCNC(=NCc1nccn1C(F)F)NCC1(CCOC)CCC1. The number of halogens is 2. The highest BCUT2D eigenvalue weighted by molar-refractivity contribution is 5.79. The highest BCUT2D eigenvalue weighted by atomic mass is 19.3. The number of alkyl halides is 2. The molecule has 1 aliphatic rings. The molecule has 0 unspecified atom stereocenters. The Bertz CT molecular complexity index is 528. The van der Waals surface area contributed by atoms with Crippen LogP contribution in [0.5, 0.6) is 0 Å². The Hall–Kier alpha value is -1.70. The summed E-state index contributed by atoms with van der Waals surface area (Å²) in [5.74, 6) is 0.880. The maximum Gasteiger partial charge on any atom is 0.319 e. The molecule has 24 heavy (non-hydrogen) atoms. The molecular formula is C16H27F2N5O. The van der Waals surface area contributed by atoms with Crippen molar-refractivity contribution in [2.45, 2.75) is 45.7 Å². The molecule has 6 nitrogen and oxygen atoms in total. The van der Waals surface area contributed by atoms with Crippen molar-refractivity contribution in [2.24, 2.45) is 10.4 Å². The second-order valence-electron chi connectivity index (χ2n) is 6.17. The van der Waals surface area contributed by atoms with Crippen LogP contribution >= 0.6 is 0 Å². The van der Waals surface area contributed by atoms with Gasteiger partial charge in [0.05, 0.1) is 0 Å². The molecule has 0 aromatic carbocycles. The number of aromatic nitrogens is 2. The predicted octanol–water partition coefficient (Wildman–Crippen LogP) is 2.54. The van der Waals surface area contributed by atoms with Gasteiger partial charge in [-0.25, -0.2) is 9.98 Å². The first kappa shape index (κ1) is 18.6. The summed E-state index contributed by atoms with van der Waals surface area (Å²) in [4.78, 5) is 8.34. The van der Waals surface area contributed by atoms with Crippen LogP contribution in [0.1, 0.15) is 45.0 Å². The molecule has 1 aromatic heterocycles. The summed E-state index contributed by atoms with van der Waals surface area (Å²) in [6.45, 7) is 1.76. The van der Waals surface area contributed by atoms with Crippen molar-refractivity contribution in [3.8, 4) is 0 Å². The smallest absolute Gasteiger partial charge is 0.319 e. The number of nitrogens with zero attached hydrogens (tertiary/aromatic N) is 3. The number of methoxy groups -OCH3 is 1. The van der Waals surface area contributed by atoms with E-state index in [2.05, 4.69) is 20.6 Å². The summed E-state index contributed by atoms with van der Waals surface area (Å²) < 4.78 is 31.7. The molecule has 0 aliphatic heterocycles. The average molecular weight is 343 g/mol. The maximum atomic E-state index is 12.8. The van der Waals surface area contributed by atoms with E-state index in [0.717, 1.165) is 24.1 Å². The van der Waals surface area contributed by atoms with Gasteiger partial charge in [-0.05, 0) is 31.6 Å². The van der Waals surface area contributed by atoms with Crippen molar-refractivity contribution in [3.63, 3.8) is 0 Å². The number of ether oxygens (including phenoxy) is 1. The Morgan fingerprint density at radius 3 is 2.83 bits per heavy atom. The summed E-state index contributed by atoms with van der Waals surface area (Å²) in [6.07, 6.45) is 7.25. The van der Waals surface area contributed by atoms with Crippen LogP contribution in [-0.4, -0.2) is 42.3 Å². The van der Waals surface area contributed by atoms with Gasteiger partial charge in [0.2, 0.25) is 0 Å². The van der Waals surface area contributed by atoms with Gasteiger partial charge in [0.1, 0.15) is 12.4 Å². The first-order valence-corrected chi connectivity index (χ1v) is 8.41. The molecular weight excluding hydrogens is 316 g/mol. The third kappa shape index (κ3) is 4.90. The third-order valence-electron chi connectivity index (χ3n) is 4.56. The standard InChI is InChI=1S/C16H27F2N5O/c1-3-19-15(21-11-13-20-8-9-23(13)14(17)18)22-12-16(5-4-6-16)7-10-24-2/h8-9,14H,3-7,10-12H2,1-2H3,(H2,19,21,22). The van der Waals surface area contributed by atoms with E-state index >= 15 is 0 Å². The first-order valence-electron chi connectivity index (χ1n) is 8.41. The molecule has 0 spiro atoms. The molecule has 1 saturated carbocycles. The highest BCUT2D eigenvalue weighted by Crippen LogP contribution is 2.43. The first-order chi connectivity index (χ1) is 11.6. The number of rotatable bonds is 9. The summed E-state index contributed by atoms with van der Waals surface area (Å²) in [6, 6.07) is 0. The van der Waals surface area contributed by atoms with Crippen LogP contribution in [0, 0.1) is 5.41 Å². The van der Waals surface area contributed by atoms with E-state index in [1.807, 2.05) is 6.92 Å². The second-order valence-corrected chi connectivity index (χ2v) is 6.17. The molecule has 2 N–H and O–H groups in total. The number of aliphatic imine (C=N–C) groups is 1. The minimum atomic E-state index is -2.60. The molecule has 1 heterocycles. The zero-order valence-corrected chi connectivity index (χ0v) is 14.4. The Morgan fingerprint density at radius 1 is 1.46 bits per heavy atom. The lowest BCUT2D eigenvalue weighted by Crippen LogP contribution is -2.47. The fraction of sp³-hybridized carbons (Fsp3) is 0.750. The topological polar surface area (TPSA) is 63.5 Å². The largest absolute Gasteiger partial charge is 0.385 e. The van der Waals surface area contributed by atoms with Crippen LogP contribution < -0.4 is 10.6 Å². The van der Waals surface area contributed by atoms with Gasteiger partial charge in [0, 0.05) is 39.2 Å². The maximum absolute atomic E-state index is 12.8. The van der Waals surface area contributed by atoms with Gasteiger partial charge in [0.15, 0.2) is 5.96 Å². The Morgan fingerprint density at radius 2 is 2.25 bits per heavy atom. The van der Waals surface area contributed by atoms with Crippen LogP contribution in [0.25, 0.3) is 0 Å². The lowest BCUT2D eigenvalue weighted by Gasteiger charge is -2.42. The van der Waals surface area contributed by atoms with E-state index in [1.165, 1.54) is 31.7 Å². The molecule has 0 amide bonds. The zero-order valence-electron chi connectivity index (χ0n) is 14.4. The van der Waals surface area contributed by atoms with Gasteiger partial charge >= 0.3 is 6.55 Å². The van der Waals surface area contributed by atoms with Gasteiger partial charge in [0.25, 0.3) is 0 Å². The van der Waals surface area contributed by atoms with Crippen LogP contribution in [0.3, 0.4) is 0 Å². The molecule has 1 aliphatic carbocycles. The van der Waals surface area contributed by atoms with Crippen molar-refractivity contribution >= 4 is 5.96 Å². The van der Waals surface area contributed by atoms with Crippen LogP contribution in [0.2, 0.25) is 0 Å². The van der Waals surface area contributed by atoms with Gasteiger partial charge in [-0.3, -0.25) is 4.57 Å². The van der Waals surface area contributed by atoms with Crippen molar-refractivity contribution < 1.29 is 13.5 Å². The molecule has 0 bridgehead atoms.